The second kappa shape index (κ2) is 8.49. The second-order valence-corrected chi connectivity index (χ2v) is 9.22. The van der Waals surface area contributed by atoms with Gasteiger partial charge in [0.25, 0.3) is 5.89 Å². The van der Waals surface area contributed by atoms with Gasteiger partial charge in [0.2, 0.25) is 5.91 Å². The fourth-order valence-corrected chi connectivity index (χ4v) is 4.14. The molecular weight excluding hydrogens is 446 g/mol. The first-order chi connectivity index (χ1) is 16.8. The van der Waals surface area contributed by atoms with Crippen LogP contribution in [0.3, 0.4) is 0 Å². The Hall–Kier alpha value is -4.28. The van der Waals surface area contributed by atoms with Crippen molar-refractivity contribution in [2.45, 2.75) is 31.7 Å². The first-order valence-corrected chi connectivity index (χ1v) is 11.3. The summed E-state index contributed by atoms with van der Waals surface area (Å²) >= 11 is 0. The molecule has 1 aromatic carbocycles. The maximum Gasteiger partial charge on any atom is 0.261 e. The highest BCUT2D eigenvalue weighted by molar-refractivity contribution is 5.75. The monoisotopic (exact) mass is 473 g/mol. The summed E-state index contributed by atoms with van der Waals surface area (Å²) in [5.41, 5.74) is 14.4. The van der Waals surface area contributed by atoms with Crippen molar-refractivity contribution in [3.63, 3.8) is 0 Å². The van der Waals surface area contributed by atoms with Crippen molar-refractivity contribution in [3.8, 4) is 22.7 Å². The molecule has 11 heteroatoms. The van der Waals surface area contributed by atoms with E-state index in [0.29, 0.717) is 28.9 Å². The Morgan fingerprint density at radius 1 is 1.11 bits per heavy atom. The van der Waals surface area contributed by atoms with Gasteiger partial charge in [-0.25, -0.2) is 9.97 Å². The van der Waals surface area contributed by atoms with Crippen LogP contribution in [0.5, 0.6) is 0 Å². The van der Waals surface area contributed by atoms with Crippen molar-refractivity contribution in [2.75, 3.05) is 25.6 Å². The molecule has 0 bridgehead atoms. The van der Waals surface area contributed by atoms with Crippen molar-refractivity contribution in [2.24, 2.45) is 5.92 Å². The molecule has 3 heterocycles. The number of anilines is 2. The third kappa shape index (κ3) is 4.20. The Morgan fingerprint density at radius 3 is 2.51 bits per heavy atom. The molecule has 1 atom stereocenters. The number of likely N-dealkylation sites (N-methyl/N-ethyl adjacent to an activating group) is 1. The molecular formula is C24H27N9O2. The fraction of sp³-hybridized carbons (Fsp3) is 0.333. The highest BCUT2D eigenvalue weighted by Crippen LogP contribution is 2.50. The number of hydrogen-bond donors (Lipinski definition) is 2. The molecule has 180 valence electrons. The van der Waals surface area contributed by atoms with Crippen molar-refractivity contribution in [3.05, 3.63) is 54.2 Å². The number of amides is 1. The predicted molar refractivity (Wildman–Crippen MR) is 130 cm³/mol. The first-order valence-electron chi connectivity index (χ1n) is 11.3. The van der Waals surface area contributed by atoms with Crippen molar-refractivity contribution < 1.29 is 9.32 Å². The van der Waals surface area contributed by atoms with Gasteiger partial charge in [-0.3, -0.25) is 9.48 Å². The molecule has 1 aliphatic rings. The quantitative estimate of drug-likeness (QED) is 0.411. The van der Waals surface area contributed by atoms with E-state index in [2.05, 4.69) is 39.3 Å². The van der Waals surface area contributed by atoms with Crippen molar-refractivity contribution in [1.29, 1.82) is 0 Å². The van der Waals surface area contributed by atoms with E-state index in [4.69, 9.17) is 21.0 Å². The van der Waals surface area contributed by atoms with Crippen LogP contribution >= 0.6 is 0 Å². The number of nitrogen functional groups attached to an aromatic ring is 2. The topological polar surface area (TPSA) is 155 Å². The molecule has 1 saturated carbocycles. The number of aromatic nitrogens is 6. The van der Waals surface area contributed by atoms with Gasteiger partial charge in [0, 0.05) is 25.9 Å². The Balaban J connectivity index is 1.42. The Kier molecular flexibility index (Phi) is 5.46. The molecule has 0 radical (unpaired) electrons. The Bertz CT molecular complexity index is 1370. The third-order valence-corrected chi connectivity index (χ3v) is 6.57. The molecule has 11 nitrogen and oxygen atoms in total. The van der Waals surface area contributed by atoms with Crippen LogP contribution in [0.1, 0.15) is 31.2 Å². The average Bonchev–Trinajstić information content (AvgIpc) is 3.41. The number of carbonyl (C=O) groups is 1. The van der Waals surface area contributed by atoms with E-state index < -0.39 is 5.41 Å². The third-order valence-electron chi connectivity index (χ3n) is 6.57. The summed E-state index contributed by atoms with van der Waals surface area (Å²) in [5.74, 6) is 1.78. The average molecular weight is 474 g/mol. The standard InChI is InChI=1S/C24H27N9O2/c1-24(17-8-9-17,16-6-4-14(5-7-16)18-11-27-20(25)21(26)29-18)23-30-22(35-31-23)15-10-28-33(12-15)13-19(34)32(2)3/h4-7,10-12,17H,8-9,13H2,1-3H3,(H2,25,27)(H2,26,29)/t24-/m0/s1. The summed E-state index contributed by atoms with van der Waals surface area (Å²) in [5, 5.41) is 8.61. The van der Waals surface area contributed by atoms with Gasteiger partial charge in [-0.2, -0.15) is 10.1 Å². The SMILES string of the molecule is CN(C)C(=O)Cn1cc(-c2nc([C@@](C)(c3ccc(-c4cnc(N)c(N)n4)cc3)C3CC3)no2)cn1. The van der Waals surface area contributed by atoms with Gasteiger partial charge in [-0.05, 0) is 31.2 Å². The zero-order valence-corrected chi connectivity index (χ0v) is 19.8. The number of carbonyl (C=O) groups excluding carboxylic acids is 1. The minimum atomic E-state index is -0.414. The summed E-state index contributed by atoms with van der Waals surface area (Å²) in [6, 6.07) is 8.09. The van der Waals surface area contributed by atoms with E-state index >= 15 is 0 Å². The summed E-state index contributed by atoms with van der Waals surface area (Å²) in [6.07, 6.45) is 7.15. The maximum atomic E-state index is 12.0. The summed E-state index contributed by atoms with van der Waals surface area (Å²) in [4.78, 5) is 26.7. The number of hydrogen-bond acceptors (Lipinski definition) is 9. The van der Waals surface area contributed by atoms with Crippen LogP contribution in [0.25, 0.3) is 22.7 Å². The van der Waals surface area contributed by atoms with Crippen LogP contribution in [0.4, 0.5) is 11.6 Å². The molecule has 1 fully saturated rings. The van der Waals surface area contributed by atoms with Crippen LogP contribution < -0.4 is 11.5 Å². The largest absolute Gasteiger partial charge is 0.381 e. The van der Waals surface area contributed by atoms with Crippen LogP contribution in [-0.2, 0) is 16.8 Å². The van der Waals surface area contributed by atoms with E-state index in [1.165, 1.54) is 4.90 Å². The molecule has 0 spiro atoms. The van der Waals surface area contributed by atoms with Gasteiger partial charge in [0.1, 0.15) is 6.54 Å². The molecule has 0 saturated heterocycles. The van der Waals surface area contributed by atoms with Gasteiger partial charge in [0.05, 0.1) is 29.1 Å². The van der Waals surface area contributed by atoms with Gasteiger partial charge < -0.3 is 20.9 Å². The van der Waals surface area contributed by atoms with Crippen LogP contribution in [0.2, 0.25) is 0 Å². The van der Waals surface area contributed by atoms with Crippen molar-refractivity contribution >= 4 is 17.5 Å². The van der Waals surface area contributed by atoms with E-state index in [9.17, 15) is 4.79 Å². The minimum Gasteiger partial charge on any atom is -0.381 e. The highest BCUT2D eigenvalue weighted by Gasteiger charge is 2.47. The smallest absolute Gasteiger partial charge is 0.261 e. The molecule has 0 aliphatic heterocycles. The number of nitrogens with zero attached hydrogens (tertiary/aromatic N) is 7. The van der Waals surface area contributed by atoms with E-state index in [1.54, 1.807) is 37.4 Å². The lowest BCUT2D eigenvalue weighted by molar-refractivity contribution is -0.129. The lowest BCUT2D eigenvalue weighted by Gasteiger charge is -2.26. The minimum absolute atomic E-state index is 0.0525. The van der Waals surface area contributed by atoms with Gasteiger partial charge >= 0.3 is 0 Å². The number of rotatable bonds is 7. The molecule has 4 N–H and O–H groups in total. The molecule has 4 aromatic rings. The molecule has 1 aliphatic carbocycles. The summed E-state index contributed by atoms with van der Waals surface area (Å²) in [6.45, 7) is 2.29. The molecule has 0 unspecified atom stereocenters. The van der Waals surface area contributed by atoms with E-state index in [-0.39, 0.29) is 24.1 Å². The maximum absolute atomic E-state index is 12.0. The normalized spacial score (nSPS) is 15.1. The van der Waals surface area contributed by atoms with Crippen molar-refractivity contribution in [1.82, 2.24) is 34.8 Å². The summed E-state index contributed by atoms with van der Waals surface area (Å²) < 4.78 is 7.19. The molecule has 3 aromatic heterocycles. The zero-order chi connectivity index (χ0) is 24.7. The first kappa shape index (κ1) is 22.5. The lowest BCUT2D eigenvalue weighted by atomic mass is 9.77. The van der Waals surface area contributed by atoms with Gasteiger partial charge in [-0.15, -0.1) is 0 Å². The number of benzene rings is 1. The Labute approximate surface area is 202 Å². The predicted octanol–water partition coefficient (Wildman–Crippen LogP) is 2.36. The second-order valence-electron chi connectivity index (χ2n) is 9.22. The number of nitrogens with two attached hydrogens (primary N) is 2. The summed E-state index contributed by atoms with van der Waals surface area (Å²) in [7, 11) is 3.42. The highest BCUT2D eigenvalue weighted by atomic mass is 16.5. The van der Waals surface area contributed by atoms with Crippen LogP contribution in [0, 0.1) is 5.92 Å². The van der Waals surface area contributed by atoms with E-state index in [0.717, 1.165) is 24.0 Å². The molecule has 1 amide bonds. The lowest BCUT2D eigenvalue weighted by Crippen LogP contribution is -2.28. The van der Waals surface area contributed by atoms with Gasteiger partial charge in [-0.1, -0.05) is 29.4 Å². The van der Waals surface area contributed by atoms with Crippen LogP contribution in [-0.4, -0.2) is 54.8 Å². The van der Waals surface area contributed by atoms with Gasteiger partial charge in [0.15, 0.2) is 17.5 Å². The molecule has 5 rings (SSSR count). The molecule has 35 heavy (non-hydrogen) atoms. The zero-order valence-electron chi connectivity index (χ0n) is 19.8. The Morgan fingerprint density at radius 2 is 1.86 bits per heavy atom. The fourth-order valence-electron chi connectivity index (χ4n) is 4.14. The van der Waals surface area contributed by atoms with E-state index in [1.807, 2.05) is 12.1 Å². The van der Waals surface area contributed by atoms with Crippen LogP contribution in [0.15, 0.2) is 47.4 Å².